The summed E-state index contributed by atoms with van der Waals surface area (Å²) in [5, 5.41) is 0.314. The van der Waals surface area contributed by atoms with Crippen molar-refractivity contribution in [3.8, 4) is 0 Å². The molecule has 4 nitrogen and oxygen atoms in total. The summed E-state index contributed by atoms with van der Waals surface area (Å²) in [6.45, 7) is 6.53. The van der Waals surface area contributed by atoms with Gasteiger partial charge in [-0.3, -0.25) is 0 Å². The minimum Gasteiger partial charge on any atom is -0.377 e. The van der Waals surface area contributed by atoms with Crippen LogP contribution in [-0.4, -0.2) is 35.8 Å². The largest absolute Gasteiger partial charge is 0.377 e. The number of ether oxygens (including phenoxy) is 1. The highest BCUT2D eigenvalue weighted by atomic mass is 35.5. The van der Waals surface area contributed by atoms with Crippen LogP contribution in [0.3, 0.4) is 0 Å². The quantitative estimate of drug-likeness (QED) is 0.755. The van der Waals surface area contributed by atoms with Crippen LogP contribution in [0.25, 0.3) is 10.2 Å². The lowest BCUT2D eigenvalue weighted by atomic mass is 10.2. The average Bonchev–Trinajstić information content (AvgIpc) is 2.69. The van der Waals surface area contributed by atoms with Crippen molar-refractivity contribution in [2.24, 2.45) is 0 Å². The van der Waals surface area contributed by atoms with E-state index in [-0.39, 0.29) is 0 Å². The van der Waals surface area contributed by atoms with Crippen LogP contribution < -0.4 is 4.90 Å². The molecule has 0 N–H and O–H groups in total. The Bertz CT molecular complexity index is 586. The molecule has 6 heteroatoms. The van der Waals surface area contributed by atoms with E-state index in [2.05, 4.69) is 34.8 Å². The molecular formula is C12H14ClN3OS. The normalized spacial score (nSPS) is 20.6. The third kappa shape index (κ3) is 2.06. The second-order valence-corrected chi connectivity index (χ2v) is 6.10. The first-order valence-corrected chi connectivity index (χ1v) is 7.12. The Balaban J connectivity index is 2.14. The fraction of sp³-hybridized carbons (Fsp3) is 0.500. The third-order valence-corrected chi connectivity index (χ3v) is 4.29. The molecule has 0 aromatic carbocycles. The Morgan fingerprint density at radius 3 is 3.11 bits per heavy atom. The maximum absolute atomic E-state index is 6.02. The number of aryl methyl sites for hydroxylation is 1. The van der Waals surface area contributed by atoms with E-state index < -0.39 is 0 Å². The third-order valence-electron chi connectivity index (χ3n) is 3.09. The van der Waals surface area contributed by atoms with Gasteiger partial charge in [0.05, 0.1) is 29.5 Å². The monoisotopic (exact) mass is 283 g/mol. The second-order valence-electron chi connectivity index (χ2n) is 4.50. The van der Waals surface area contributed by atoms with Crippen LogP contribution in [0.4, 0.5) is 5.82 Å². The van der Waals surface area contributed by atoms with Gasteiger partial charge in [0.25, 0.3) is 0 Å². The molecule has 3 rings (SSSR count). The molecule has 0 amide bonds. The van der Waals surface area contributed by atoms with E-state index in [4.69, 9.17) is 16.3 Å². The van der Waals surface area contributed by atoms with E-state index in [1.54, 1.807) is 11.3 Å². The summed E-state index contributed by atoms with van der Waals surface area (Å²) in [5.74, 6) is 0.943. The van der Waals surface area contributed by atoms with Gasteiger partial charge in [0.2, 0.25) is 5.28 Å². The number of hydrogen-bond donors (Lipinski definition) is 0. The first-order chi connectivity index (χ1) is 8.65. The van der Waals surface area contributed by atoms with Crippen molar-refractivity contribution in [3.63, 3.8) is 0 Å². The van der Waals surface area contributed by atoms with Gasteiger partial charge in [-0.25, -0.2) is 4.98 Å². The molecule has 0 saturated carbocycles. The average molecular weight is 284 g/mol. The minimum absolute atomic E-state index is 0.314. The number of anilines is 1. The fourth-order valence-corrected chi connectivity index (χ4v) is 3.37. The Morgan fingerprint density at radius 1 is 1.50 bits per heavy atom. The van der Waals surface area contributed by atoms with Gasteiger partial charge in [-0.1, -0.05) is 0 Å². The fourth-order valence-electron chi connectivity index (χ4n) is 2.24. The zero-order valence-electron chi connectivity index (χ0n) is 10.3. The zero-order chi connectivity index (χ0) is 12.7. The number of nitrogens with zero attached hydrogens (tertiary/aromatic N) is 3. The number of fused-ring (bicyclic) bond motifs is 1. The molecule has 1 aliphatic heterocycles. The lowest BCUT2D eigenvalue weighted by Crippen LogP contribution is -2.44. The van der Waals surface area contributed by atoms with Crippen molar-refractivity contribution in [1.29, 1.82) is 0 Å². The first kappa shape index (κ1) is 12.1. The van der Waals surface area contributed by atoms with E-state index in [0.29, 0.717) is 11.3 Å². The van der Waals surface area contributed by atoms with Gasteiger partial charge < -0.3 is 9.64 Å². The van der Waals surface area contributed by atoms with Crippen LogP contribution in [0.15, 0.2) is 6.07 Å². The zero-order valence-corrected chi connectivity index (χ0v) is 11.9. The lowest BCUT2D eigenvalue weighted by molar-refractivity contribution is 0.0987. The summed E-state index contributed by atoms with van der Waals surface area (Å²) >= 11 is 7.74. The first-order valence-electron chi connectivity index (χ1n) is 5.93. The van der Waals surface area contributed by atoms with Crippen molar-refractivity contribution < 1.29 is 4.74 Å². The lowest BCUT2D eigenvalue weighted by Gasteiger charge is -2.34. The van der Waals surface area contributed by atoms with Gasteiger partial charge >= 0.3 is 0 Å². The van der Waals surface area contributed by atoms with Gasteiger partial charge in [-0.2, -0.15) is 4.98 Å². The molecular weight excluding hydrogens is 270 g/mol. The van der Waals surface area contributed by atoms with Gasteiger partial charge in [0.15, 0.2) is 5.82 Å². The molecule has 3 heterocycles. The van der Waals surface area contributed by atoms with Gasteiger partial charge in [0.1, 0.15) is 0 Å². The SMILES string of the molecule is Cc1cc2nc(Cl)nc(N3CCOC[C@H]3C)c2s1. The molecule has 0 aliphatic carbocycles. The highest BCUT2D eigenvalue weighted by molar-refractivity contribution is 7.19. The molecule has 96 valence electrons. The maximum atomic E-state index is 6.02. The summed E-state index contributed by atoms with van der Waals surface area (Å²) in [7, 11) is 0. The number of morpholine rings is 1. The predicted octanol–water partition coefficient (Wildman–Crippen LogP) is 2.88. The molecule has 2 aromatic heterocycles. The van der Waals surface area contributed by atoms with E-state index >= 15 is 0 Å². The Morgan fingerprint density at radius 2 is 2.33 bits per heavy atom. The molecule has 1 fully saturated rings. The van der Waals surface area contributed by atoms with E-state index in [0.717, 1.165) is 35.8 Å². The Hall–Kier alpha value is -0.910. The summed E-state index contributed by atoms with van der Waals surface area (Å²) in [6.07, 6.45) is 0. The van der Waals surface area contributed by atoms with Gasteiger partial charge in [-0.05, 0) is 31.5 Å². The molecule has 18 heavy (non-hydrogen) atoms. The van der Waals surface area contributed by atoms with Crippen molar-refractivity contribution in [3.05, 3.63) is 16.2 Å². The summed E-state index contributed by atoms with van der Waals surface area (Å²) in [6, 6.07) is 2.37. The van der Waals surface area contributed by atoms with E-state index in [1.807, 2.05) is 0 Å². The number of hydrogen-bond acceptors (Lipinski definition) is 5. The molecule has 1 aliphatic rings. The molecule has 0 unspecified atom stereocenters. The molecule has 0 radical (unpaired) electrons. The van der Waals surface area contributed by atoms with E-state index in [9.17, 15) is 0 Å². The highest BCUT2D eigenvalue weighted by Gasteiger charge is 2.23. The smallest absolute Gasteiger partial charge is 0.224 e. The van der Waals surface area contributed by atoms with Crippen molar-refractivity contribution in [1.82, 2.24) is 9.97 Å². The topological polar surface area (TPSA) is 38.2 Å². The predicted molar refractivity (Wildman–Crippen MR) is 74.8 cm³/mol. The number of halogens is 1. The van der Waals surface area contributed by atoms with E-state index in [1.165, 1.54) is 4.88 Å². The van der Waals surface area contributed by atoms with Crippen LogP contribution in [0.5, 0.6) is 0 Å². The van der Waals surface area contributed by atoms with Crippen molar-refractivity contribution >= 4 is 39.0 Å². The number of thiophene rings is 1. The standard InChI is InChI=1S/C12H14ClN3OS/c1-7-6-17-4-3-16(7)11-10-9(5-8(2)18-10)14-12(13)15-11/h5,7H,3-4,6H2,1-2H3/t7-/m1/s1. The van der Waals surface area contributed by atoms with Crippen LogP contribution in [0, 0.1) is 6.92 Å². The Labute approximate surface area is 115 Å². The summed E-state index contributed by atoms with van der Waals surface area (Å²) in [4.78, 5) is 12.2. The summed E-state index contributed by atoms with van der Waals surface area (Å²) < 4.78 is 6.58. The van der Waals surface area contributed by atoms with Gasteiger partial charge in [-0.15, -0.1) is 11.3 Å². The summed E-state index contributed by atoms with van der Waals surface area (Å²) in [5.41, 5.74) is 0.936. The maximum Gasteiger partial charge on any atom is 0.224 e. The second kappa shape index (κ2) is 4.64. The number of aromatic nitrogens is 2. The van der Waals surface area contributed by atoms with Crippen LogP contribution in [0.2, 0.25) is 5.28 Å². The number of rotatable bonds is 1. The van der Waals surface area contributed by atoms with Crippen LogP contribution in [0.1, 0.15) is 11.8 Å². The highest BCUT2D eigenvalue weighted by Crippen LogP contribution is 2.33. The molecule has 0 spiro atoms. The Kier molecular flexibility index (Phi) is 3.13. The minimum atomic E-state index is 0.314. The van der Waals surface area contributed by atoms with Crippen LogP contribution in [-0.2, 0) is 4.74 Å². The van der Waals surface area contributed by atoms with Crippen molar-refractivity contribution in [2.75, 3.05) is 24.7 Å². The van der Waals surface area contributed by atoms with Gasteiger partial charge in [0, 0.05) is 11.4 Å². The van der Waals surface area contributed by atoms with Crippen LogP contribution >= 0.6 is 22.9 Å². The molecule has 2 aromatic rings. The van der Waals surface area contributed by atoms with Crippen molar-refractivity contribution in [2.45, 2.75) is 19.9 Å². The molecule has 1 atom stereocenters. The molecule has 0 bridgehead atoms. The molecule has 1 saturated heterocycles.